The fourth-order valence-corrected chi connectivity index (χ4v) is 6.94. The summed E-state index contributed by atoms with van der Waals surface area (Å²) in [5, 5.41) is 12.0. The van der Waals surface area contributed by atoms with Gasteiger partial charge in [-0.3, -0.25) is 0 Å². The molecule has 1 aromatic rings. The summed E-state index contributed by atoms with van der Waals surface area (Å²) >= 11 is 0. The lowest BCUT2D eigenvalue weighted by molar-refractivity contribution is -0.137. The number of esters is 1. The molecule has 0 aliphatic heterocycles. The molecule has 0 heterocycles. The van der Waals surface area contributed by atoms with Crippen molar-refractivity contribution in [2.75, 3.05) is 6.61 Å². The smallest absolute Gasteiger partial charge is 0.408 e. The maximum atomic E-state index is 12.6. The third-order valence-electron chi connectivity index (χ3n) is 9.00. The summed E-state index contributed by atoms with van der Waals surface area (Å²) < 4.78 is 10.7. The average molecular weight is 482 g/mol. The van der Waals surface area contributed by atoms with E-state index in [0.29, 0.717) is 23.5 Å². The monoisotopic (exact) mass is 481 g/mol. The van der Waals surface area contributed by atoms with E-state index in [0.717, 1.165) is 32.1 Å². The summed E-state index contributed by atoms with van der Waals surface area (Å²) in [6.07, 6.45) is 11.9. The van der Waals surface area contributed by atoms with Crippen molar-refractivity contribution >= 4 is 12.1 Å². The number of alkyl carbamates (subject to hydrolysis) is 1. The van der Waals surface area contributed by atoms with Crippen molar-refractivity contribution < 1.29 is 24.2 Å². The number of fused-ring (bicyclic) bond motifs is 5. The molecule has 2 fully saturated rings. The summed E-state index contributed by atoms with van der Waals surface area (Å²) in [4.78, 5) is 24.6. The Morgan fingerprint density at radius 3 is 2.63 bits per heavy atom. The quantitative estimate of drug-likeness (QED) is 0.360. The molecule has 6 nitrogen and oxygen atoms in total. The van der Waals surface area contributed by atoms with Crippen LogP contribution in [0, 0.1) is 35.0 Å². The summed E-state index contributed by atoms with van der Waals surface area (Å²) in [5.74, 6) is 4.67. The zero-order valence-electron chi connectivity index (χ0n) is 21.6. The lowest BCUT2D eigenvalue weighted by atomic mass is 9.51. The van der Waals surface area contributed by atoms with Crippen LogP contribution in [0.15, 0.2) is 18.2 Å². The van der Waals surface area contributed by atoms with Crippen molar-refractivity contribution in [3.63, 3.8) is 0 Å². The molecule has 0 bridgehead atoms. The van der Waals surface area contributed by atoms with Gasteiger partial charge in [0.1, 0.15) is 11.4 Å². The number of nitrogens with one attached hydrogen (secondary N) is 1. The fourth-order valence-electron chi connectivity index (χ4n) is 6.94. The number of benzene rings is 1. The van der Waals surface area contributed by atoms with Gasteiger partial charge in [-0.1, -0.05) is 18.9 Å². The van der Waals surface area contributed by atoms with Crippen LogP contribution in [0.1, 0.15) is 83.8 Å². The molecular weight excluding hydrogens is 442 g/mol. The first-order valence-electron chi connectivity index (χ1n) is 12.8. The van der Waals surface area contributed by atoms with Crippen LogP contribution in [-0.2, 0) is 16.0 Å². The molecule has 4 unspecified atom stereocenters. The number of ether oxygens (including phenoxy) is 2. The summed E-state index contributed by atoms with van der Waals surface area (Å²) in [7, 11) is 0. The molecule has 0 aromatic heterocycles. The lowest BCUT2D eigenvalue weighted by Crippen LogP contribution is -2.47. The Hall–Kier alpha value is -2.52. The molecule has 1 aromatic carbocycles. The van der Waals surface area contributed by atoms with E-state index in [-0.39, 0.29) is 10.8 Å². The molecule has 2 saturated carbocycles. The van der Waals surface area contributed by atoms with E-state index in [2.05, 4.69) is 31.2 Å². The normalized spacial score (nSPS) is 32.3. The summed E-state index contributed by atoms with van der Waals surface area (Å²) in [6, 6.07) is 4.67. The fraction of sp³-hybridized carbons (Fsp3) is 0.655. The second-order valence-electron chi connectivity index (χ2n) is 12.0. The first kappa shape index (κ1) is 25.6. The predicted octanol–water partition coefficient (Wildman–Crippen LogP) is 4.97. The van der Waals surface area contributed by atoms with E-state index in [1.165, 1.54) is 17.5 Å². The van der Waals surface area contributed by atoms with Crippen LogP contribution in [0.5, 0.6) is 5.75 Å². The standard InChI is InChI=1S/C29H39NO5/c1-7-28(5)14-13-23-22-10-8-18-16-19(9-11-20(18)21(22)12-15-29(23,28)6)34-25(32)24(17-31)30-26(33)35-27(2,3)4/h1,9,11,16,21-24,31H,8,10,12-15,17H2,2-6H3,(H,30,33)/t21?,22?,23?,24-,28?,29+/m1/s1. The van der Waals surface area contributed by atoms with Crippen LogP contribution in [-0.4, -0.2) is 35.4 Å². The maximum Gasteiger partial charge on any atom is 0.408 e. The number of hydrogen-bond acceptors (Lipinski definition) is 5. The lowest BCUT2D eigenvalue weighted by Gasteiger charge is -2.53. The zero-order valence-corrected chi connectivity index (χ0v) is 21.6. The Morgan fingerprint density at radius 1 is 1.23 bits per heavy atom. The molecule has 4 rings (SSSR count). The number of aliphatic hydroxyl groups excluding tert-OH is 1. The first-order valence-corrected chi connectivity index (χ1v) is 12.8. The van der Waals surface area contributed by atoms with Gasteiger partial charge in [0.25, 0.3) is 0 Å². The van der Waals surface area contributed by atoms with Crippen LogP contribution in [0.4, 0.5) is 4.79 Å². The van der Waals surface area contributed by atoms with E-state index in [4.69, 9.17) is 15.9 Å². The first-order chi connectivity index (χ1) is 16.4. The van der Waals surface area contributed by atoms with E-state index in [1.807, 2.05) is 12.1 Å². The largest absolute Gasteiger partial charge is 0.444 e. The van der Waals surface area contributed by atoms with Crippen molar-refractivity contribution in [1.82, 2.24) is 5.32 Å². The van der Waals surface area contributed by atoms with Gasteiger partial charge >= 0.3 is 12.1 Å². The number of hydrogen-bond donors (Lipinski definition) is 2. The molecule has 3 aliphatic carbocycles. The van der Waals surface area contributed by atoms with Crippen LogP contribution in [0.3, 0.4) is 0 Å². The average Bonchev–Trinajstić information content (AvgIpc) is 3.07. The summed E-state index contributed by atoms with van der Waals surface area (Å²) in [6.45, 7) is 9.30. The minimum Gasteiger partial charge on any atom is -0.444 e. The Morgan fingerprint density at radius 2 is 1.97 bits per heavy atom. The topological polar surface area (TPSA) is 84.9 Å². The van der Waals surface area contributed by atoms with Crippen LogP contribution >= 0.6 is 0 Å². The summed E-state index contributed by atoms with van der Waals surface area (Å²) in [5.41, 5.74) is 2.06. The van der Waals surface area contributed by atoms with Crippen LogP contribution in [0.25, 0.3) is 0 Å². The molecule has 0 spiro atoms. The molecule has 6 heteroatoms. The number of amides is 1. The molecule has 6 atom stereocenters. The molecule has 0 saturated heterocycles. The number of terminal acetylenes is 1. The number of rotatable bonds is 4. The van der Waals surface area contributed by atoms with E-state index in [9.17, 15) is 14.7 Å². The molecule has 2 N–H and O–H groups in total. The highest BCUT2D eigenvalue weighted by Crippen LogP contribution is 2.67. The van der Waals surface area contributed by atoms with Gasteiger partial charge in [-0.15, -0.1) is 6.42 Å². The maximum absolute atomic E-state index is 12.6. The van der Waals surface area contributed by atoms with Gasteiger partial charge in [-0.25, -0.2) is 9.59 Å². The predicted molar refractivity (Wildman–Crippen MR) is 134 cm³/mol. The highest BCUT2D eigenvalue weighted by atomic mass is 16.6. The Bertz CT molecular complexity index is 1040. The van der Waals surface area contributed by atoms with E-state index in [1.54, 1.807) is 20.8 Å². The van der Waals surface area contributed by atoms with Crippen molar-refractivity contribution in [3.05, 3.63) is 29.3 Å². The Labute approximate surface area is 209 Å². The van der Waals surface area contributed by atoms with Gasteiger partial charge in [0, 0.05) is 5.41 Å². The van der Waals surface area contributed by atoms with Crippen LogP contribution < -0.4 is 10.1 Å². The molecular formula is C29H39NO5. The highest BCUT2D eigenvalue weighted by molar-refractivity contribution is 5.83. The molecule has 35 heavy (non-hydrogen) atoms. The number of carbonyl (C=O) groups excluding carboxylic acids is 2. The Balaban J connectivity index is 1.45. The second-order valence-corrected chi connectivity index (χ2v) is 12.0. The van der Waals surface area contributed by atoms with E-state index >= 15 is 0 Å². The molecule has 1 amide bonds. The molecule has 190 valence electrons. The SMILES string of the molecule is C#CC1(C)CCC2C3CCc4cc(OC(=O)[C@@H](CO)NC(=O)OC(C)(C)C)ccc4C3CC[C@@]21C. The van der Waals surface area contributed by atoms with Gasteiger partial charge in [0.15, 0.2) is 6.04 Å². The van der Waals surface area contributed by atoms with Gasteiger partial charge in [0.2, 0.25) is 0 Å². The third-order valence-corrected chi connectivity index (χ3v) is 9.00. The number of carbonyl (C=O) groups is 2. The second kappa shape index (κ2) is 9.17. The third kappa shape index (κ3) is 4.68. The van der Waals surface area contributed by atoms with Crippen LogP contribution in [0.2, 0.25) is 0 Å². The minimum absolute atomic E-state index is 0.0163. The molecule has 3 aliphatic rings. The van der Waals surface area contributed by atoms with Crippen molar-refractivity contribution in [2.45, 2.75) is 90.7 Å². The van der Waals surface area contributed by atoms with Crippen molar-refractivity contribution in [3.8, 4) is 18.1 Å². The van der Waals surface area contributed by atoms with E-state index < -0.39 is 30.3 Å². The minimum atomic E-state index is -1.20. The van der Waals surface area contributed by atoms with Gasteiger partial charge in [-0.2, -0.15) is 0 Å². The number of aliphatic hydroxyl groups is 1. The zero-order chi connectivity index (χ0) is 25.6. The van der Waals surface area contributed by atoms with Gasteiger partial charge < -0.3 is 19.9 Å². The highest BCUT2D eigenvalue weighted by Gasteiger charge is 2.59. The van der Waals surface area contributed by atoms with Gasteiger partial charge in [0.05, 0.1) is 6.61 Å². The van der Waals surface area contributed by atoms with Crippen molar-refractivity contribution in [2.24, 2.45) is 22.7 Å². The number of aryl methyl sites for hydroxylation is 1. The molecule has 0 radical (unpaired) electrons. The van der Waals surface area contributed by atoms with Crippen molar-refractivity contribution in [1.29, 1.82) is 0 Å². The Kier molecular flexibility index (Phi) is 6.70. The van der Waals surface area contributed by atoms with Gasteiger partial charge in [-0.05, 0) is 113 Å².